The number of methoxy groups -OCH3 is 1. The number of amides is 1. The van der Waals surface area contributed by atoms with Gasteiger partial charge >= 0.3 is 0 Å². The molecule has 0 aliphatic carbocycles. The van der Waals surface area contributed by atoms with Crippen molar-refractivity contribution >= 4 is 49.9 Å². The predicted octanol–water partition coefficient (Wildman–Crippen LogP) is 3.06. The van der Waals surface area contributed by atoms with E-state index in [2.05, 4.69) is 10.0 Å². The molecule has 0 aliphatic rings. The summed E-state index contributed by atoms with van der Waals surface area (Å²) in [7, 11) is -2.34. The molecule has 8 heteroatoms. The van der Waals surface area contributed by atoms with Crippen LogP contribution in [-0.4, -0.2) is 21.4 Å². The van der Waals surface area contributed by atoms with Gasteiger partial charge in [0.1, 0.15) is 5.75 Å². The maximum absolute atomic E-state index is 12.5. The molecule has 0 bridgehead atoms. The maximum Gasteiger partial charge on any atom is 0.262 e. The number of hydrogen-bond acceptors (Lipinski definition) is 4. The monoisotopic (exact) mass is 446 g/mol. The molecule has 2 aromatic rings. The maximum atomic E-state index is 12.5. The normalized spacial score (nSPS) is 10.9. The second kappa shape index (κ2) is 7.18. The first-order valence-electron chi connectivity index (χ1n) is 6.56. The number of carbonyl (C=O) groups is 1. The fraction of sp³-hybridized carbons (Fsp3) is 0.133. The minimum Gasteiger partial charge on any atom is -0.495 e. The Morgan fingerprint density at radius 1 is 1.13 bits per heavy atom. The van der Waals surface area contributed by atoms with Crippen LogP contribution in [-0.2, 0) is 14.8 Å². The molecule has 0 unspecified atom stereocenters. The number of para-hydroxylation sites is 1. The molecule has 2 rings (SSSR count). The van der Waals surface area contributed by atoms with Crippen LogP contribution in [0.3, 0.4) is 0 Å². The Morgan fingerprint density at radius 3 is 2.43 bits per heavy atom. The third-order valence-electron chi connectivity index (χ3n) is 2.91. The lowest BCUT2D eigenvalue weighted by molar-refractivity contribution is -0.114. The van der Waals surface area contributed by atoms with E-state index in [1.54, 1.807) is 18.2 Å². The minimum absolute atomic E-state index is 0.0294. The van der Waals surface area contributed by atoms with E-state index in [0.29, 0.717) is 17.1 Å². The van der Waals surface area contributed by atoms with Crippen molar-refractivity contribution in [2.24, 2.45) is 0 Å². The fourth-order valence-corrected chi connectivity index (χ4v) is 3.70. The number of sulfonamides is 1. The highest BCUT2D eigenvalue weighted by molar-refractivity contribution is 14.1. The Balaban J connectivity index is 2.40. The summed E-state index contributed by atoms with van der Waals surface area (Å²) in [5, 5.41) is 2.55. The molecular formula is C15H15IN2O4S. The van der Waals surface area contributed by atoms with Gasteiger partial charge in [-0.05, 0) is 52.9 Å². The third-order valence-corrected chi connectivity index (χ3v) is 5.21. The highest BCUT2D eigenvalue weighted by Crippen LogP contribution is 2.29. The zero-order valence-corrected chi connectivity index (χ0v) is 15.4. The molecule has 0 fully saturated rings. The van der Waals surface area contributed by atoms with E-state index in [-0.39, 0.29) is 10.8 Å². The summed E-state index contributed by atoms with van der Waals surface area (Å²) in [6, 6.07) is 11.3. The van der Waals surface area contributed by atoms with Crippen molar-refractivity contribution in [3.63, 3.8) is 0 Å². The number of hydrogen-bond donors (Lipinski definition) is 2. The van der Waals surface area contributed by atoms with Crippen LogP contribution in [0.25, 0.3) is 0 Å². The number of nitrogens with one attached hydrogen (secondary N) is 2. The summed E-state index contributed by atoms with van der Waals surface area (Å²) >= 11 is 2.05. The lowest BCUT2D eigenvalue weighted by Crippen LogP contribution is -2.15. The van der Waals surface area contributed by atoms with Gasteiger partial charge in [-0.2, -0.15) is 0 Å². The highest BCUT2D eigenvalue weighted by atomic mass is 127. The predicted molar refractivity (Wildman–Crippen MR) is 97.3 cm³/mol. The van der Waals surface area contributed by atoms with Crippen molar-refractivity contribution in [1.82, 2.24) is 0 Å². The number of ether oxygens (including phenoxy) is 1. The molecule has 0 saturated carbocycles. The largest absolute Gasteiger partial charge is 0.495 e. The Kier molecular flexibility index (Phi) is 5.47. The number of benzene rings is 2. The molecule has 2 aromatic carbocycles. The summed E-state index contributed by atoms with van der Waals surface area (Å²) in [4.78, 5) is 11.3. The van der Waals surface area contributed by atoms with Gasteiger partial charge in [-0.15, -0.1) is 0 Å². The van der Waals surface area contributed by atoms with Crippen molar-refractivity contribution < 1.29 is 17.9 Å². The van der Waals surface area contributed by atoms with Crippen LogP contribution in [0.2, 0.25) is 0 Å². The second-order valence-corrected chi connectivity index (χ2v) is 7.47. The van der Waals surface area contributed by atoms with Gasteiger partial charge in [0.2, 0.25) is 5.91 Å². The van der Waals surface area contributed by atoms with Crippen LogP contribution in [0.1, 0.15) is 6.92 Å². The van der Waals surface area contributed by atoms with E-state index < -0.39 is 10.0 Å². The van der Waals surface area contributed by atoms with Crippen molar-refractivity contribution in [1.29, 1.82) is 0 Å². The molecule has 6 nitrogen and oxygen atoms in total. The van der Waals surface area contributed by atoms with Crippen LogP contribution in [0.15, 0.2) is 47.4 Å². The molecular weight excluding hydrogens is 431 g/mol. The van der Waals surface area contributed by atoms with Gasteiger partial charge in [0, 0.05) is 10.5 Å². The smallest absolute Gasteiger partial charge is 0.262 e. The van der Waals surface area contributed by atoms with Crippen LogP contribution in [0, 0.1) is 3.57 Å². The lowest BCUT2D eigenvalue weighted by Gasteiger charge is -2.13. The first-order chi connectivity index (χ1) is 10.8. The third kappa shape index (κ3) is 4.35. The fourth-order valence-electron chi connectivity index (χ4n) is 1.89. The molecule has 0 radical (unpaired) electrons. The van der Waals surface area contributed by atoms with Crippen molar-refractivity contribution in [3.05, 3.63) is 46.0 Å². The first kappa shape index (κ1) is 17.5. The van der Waals surface area contributed by atoms with Gasteiger partial charge in [0.05, 0.1) is 23.4 Å². The molecule has 1 amide bonds. The molecule has 122 valence electrons. The Morgan fingerprint density at radius 2 is 1.83 bits per heavy atom. The summed E-state index contributed by atoms with van der Waals surface area (Å²) in [5.74, 6) is 0.0665. The molecule has 0 heterocycles. The molecule has 23 heavy (non-hydrogen) atoms. The molecule has 0 saturated heterocycles. The lowest BCUT2D eigenvalue weighted by atomic mass is 10.3. The Hall–Kier alpha value is -1.81. The van der Waals surface area contributed by atoms with Gasteiger partial charge in [-0.3, -0.25) is 9.52 Å². The number of anilines is 2. The summed E-state index contributed by atoms with van der Waals surface area (Å²) in [6.45, 7) is 1.34. The number of rotatable bonds is 5. The SMILES string of the molecule is COc1ccc(S(=O)(=O)Nc2ccccc2I)cc1NC(C)=O. The molecule has 0 aliphatic heterocycles. The van der Waals surface area contributed by atoms with Gasteiger partial charge in [0.15, 0.2) is 0 Å². The molecule has 0 spiro atoms. The van der Waals surface area contributed by atoms with E-state index in [4.69, 9.17) is 4.74 Å². The summed E-state index contributed by atoms with van der Waals surface area (Å²) in [5.41, 5.74) is 0.788. The highest BCUT2D eigenvalue weighted by Gasteiger charge is 2.18. The van der Waals surface area contributed by atoms with Gasteiger partial charge < -0.3 is 10.1 Å². The topological polar surface area (TPSA) is 84.5 Å². The molecule has 0 atom stereocenters. The van der Waals surface area contributed by atoms with E-state index in [1.165, 1.54) is 32.2 Å². The minimum atomic E-state index is -3.78. The molecule has 0 aromatic heterocycles. The van der Waals surface area contributed by atoms with E-state index in [0.717, 1.165) is 3.57 Å². The van der Waals surface area contributed by atoms with Crippen molar-refractivity contribution in [3.8, 4) is 5.75 Å². The van der Waals surface area contributed by atoms with Crippen molar-refractivity contribution in [2.45, 2.75) is 11.8 Å². The van der Waals surface area contributed by atoms with Crippen LogP contribution in [0.4, 0.5) is 11.4 Å². The van der Waals surface area contributed by atoms with Gasteiger partial charge in [-0.25, -0.2) is 8.42 Å². The zero-order chi connectivity index (χ0) is 17.0. The van der Waals surface area contributed by atoms with Crippen LogP contribution >= 0.6 is 22.6 Å². The number of halogens is 1. The van der Waals surface area contributed by atoms with Crippen LogP contribution in [0.5, 0.6) is 5.75 Å². The van der Waals surface area contributed by atoms with Crippen LogP contribution < -0.4 is 14.8 Å². The first-order valence-corrected chi connectivity index (χ1v) is 9.12. The van der Waals surface area contributed by atoms with Crippen molar-refractivity contribution in [2.75, 3.05) is 17.1 Å². The van der Waals surface area contributed by atoms with Gasteiger partial charge in [0.25, 0.3) is 10.0 Å². The van der Waals surface area contributed by atoms with E-state index >= 15 is 0 Å². The standard InChI is InChI=1S/C15H15IN2O4S/c1-10(19)17-14-9-11(7-8-15(14)22-2)23(20,21)18-13-6-4-3-5-12(13)16/h3-9,18H,1-2H3,(H,17,19). The van der Waals surface area contributed by atoms with E-state index in [9.17, 15) is 13.2 Å². The number of carbonyl (C=O) groups excluding carboxylic acids is 1. The average Bonchev–Trinajstić information content (AvgIpc) is 2.49. The Bertz CT molecular complexity index is 837. The second-order valence-electron chi connectivity index (χ2n) is 4.63. The summed E-state index contributed by atoms with van der Waals surface area (Å²) < 4.78 is 33.5. The summed E-state index contributed by atoms with van der Waals surface area (Å²) in [6.07, 6.45) is 0. The van der Waals surface area contributed by atoms with E-state index in [1.807, 2.05) is 28.7 Å². The average molecular weight is 446 g/mol. The van der Waals surface area contributed by atoms with Gasteiger partial charge in [-0.1, -0.05) is 12.1 Å². The zero-order valence-electron chi connectivity index (χ0n) is 12.5. The quantitative estimate of drug-likeness (QED) is 0.692. The molecule has 2 N–H and O–H groups in total. The Labute approximate surface area is 148 Å².